The number of carbonyl (C=O) groups excluding carboxylic acids is 1. The van der Waals surface area contributed by atoms with Crippen LogP contribution in [-0.2, 0) is 17.6 Å². The fourth-order valence-electron chi connectivity index (χ4n) is 2.33. The van der Waals surface area contributed by atoms with Crippen LogP contribution < -0.4 is 10.6 Å². The molecule has 25 heavy (non-hydrogen) atoms. The Labute approximate surface area is 154 Å². The molecule has 0 fully saturated rings. The maximum Gasteiger partial charge on any atom is 0.229 e. The first-order valence-electron chi connectivity index (χ1n) is 7.91. The van der Waals surface area contributed by atoms with E-state index in [1.54, 1.807) is 11.3 Å². The summed E-state index contributed by atoms with van der Waals surface area (Å²) in [6.07, 6.45) is 1.13. The minimum absolute atomic E-state index is 0.0175. The van der Waals surface area contributed by atoms with Crippen LogP contribution in [0.4, 0.5) is 11.1 Å². The summed E-state index contributed by atoms with van der Waals surface area (Å²) in [7, 11) is 0. The van der Waals surface area contributed by atoms with Crippen LogP contribution in [0.3, 0.4) is 0 Å². The van der Waals surface area contributed by atoms with Gasteiger partial charge in [0, 0.05) is 28.2 Å². The van der Waals surface area contributed by atoms with E-state index < -0.39 is 0 Å². The molecule has 0 radical (unpaired) electrons. The fraction of sp³-hybridized carbons (Fsp3) is 0.294. The summed E-state index contributed by atoms with van der Waals surface area (Å²) in [5.41, 5.74) is 2.54. The van der Waals surface area contributed by atoms with Gasteiger partial charge in [-0.15, -0.1) is 22.7 Å². The van der Waals surface area contributed by atoms with Gasteiger partial charge in [-0.1, -0.05) is 6.07 Å². The molecule has 0 aromatic carbocycles. The lowest BCUT2D eigenvalue weighted by molar-refractivity contribution is -0.120. The third-order valence-corrected chi connectivity index (χ3v) is 5.11. The third-order valence-electron chi connectivity index (χ3n) is 3.37. The van der Waals surface area contributed by atoms with Crippen molar-refractivity contribution in [2.75, 3.05) is 11.9 Å². The van der Waals surface area contributed by atoms with E-state index in [2.05, 4.69) is 31.7 Å². The maximum absolute atomic E-state index is 12.0. The van der Waals surface area contributed by atoms with Gasteiger partial charge in [0.05, 0.1) is 12.1 Å². The number of thiophene rings is 1. The predicted octanol–water partition coefficient (Wildman–Crippen LogP) is 3.26. The van der Waals surface area contributed by atoms with Gasteiger partial charge in [0.25, 0.3) is 0 Å². The van der Waals surface area contributed by atoms with Gasteiger partial charge >= 0.3 is 0 Å². The van der Waals surface area contributed by atoms with Crippen molar-refractivity contribution < 1.29 is 4.79 Å². The smallest absolute Gasteiger partial charge is 0.229 e. The highest BCUT2D eigenvalue weighted by Crippen LogP contribution is 2.19. The second kappa shape index (κ2) is 8.17. The summed E-state index contributed by atoms with van der Waals surface area (Å²) < 4.78 is 0. The lowest BCUT2D eigenvalue weighted by Gasteiger charge is -2.03. The van der Waals surface area contributed by atoms with Crippen molar-refractivity contribution in [3.05, 3.63) is 50.9 Å². The summed E-state index contributed by atoms with van der Waals surface area (Å²) in [5.74, 6) is 0.509. The Balaban J connectivity index is 1.50. The number of hydrogen-bond donors (Lipinski definition) is 2. The first-order valence-corrected chi connectivity index (χ1v) is 9.67. The van der Waals surface area contributed by atoms with Crippen LogP contribution in [0.1, 0.15) is 22.0 Å². The molecule has 0 bridgehead atoms. The SMILES string of the molecule is Cc1cc(C)nc(Nc2nc(CC(=O)NCCc3cccs3)cs2)n1. The van der Waals surface area contributed by atoms with Crippen molar-refractivity contribution in [1.29, 1.82) is 0 Å². The molecule has 2 N–H and O–H groups in total. The zero-order chi connectivity index (χ0) is 17.6. The Kier molecular flexibility index (Phi) is 5.72. The zero-order valence-electron chi connectivity index (χ0n) is 14.1. The number of hydrogen-bond acceptors (Lipinski definition) is 7. The molecule has 3 heterocycles. The number of amides is 1. The molecule has 1 amide bonds. The number of aryl methyl sites for hydroxylation is 2. The van der Waals surface area contributed by atoms with Gasteiger partial charge in [-0.2, -0.15) is 0 Å². The summed E-state index contributed by atoms with van der Waals surface area (Å²) >= 11 is 3.14. The number of aromatic nitrogens is 3. The molecule has 0 aliphatic heterocycles. The van der Waals surface area contributed by atoms with Gasteiger partial charge in [-0.3, -0.25) is 4.79 Å². The monoisotopic (exact) mass is 373 g/mol. The number of nitrogens with zero attached hydrogens (tertiary/aromatic N) is 3. The van der Waals surface area contributed by atoms with E-state index in [1.165, 1.54) is 16.2 Å². The van der Waals surface area contributed by atoms with Crippen LogP contribution in [0.5, 0.6) is 0 Å². The Morgan fingerprint density at radius 2 is 1.96 bits per heavy atom. The van der Waals surface area contributed by atoms with E-state index in [-0.39, 0.29) is 12.3 Å². The largest absolute Gasteiger partial charge is 0.355 e. The maximum atomic E-state index is 12.0. The average molecular weight is 374 g/mol. The predicted molar refractivity (Wildman–Crippen MR) is 102 cm³/mol. The lowest BCUT2D eigenvalue weighted by Crippen LogP contribution is -2.27. The van der Waals surface area contributed by atoms with E-state index in [4.69, 9.17) is 0 Å². The number of nitrogens with one attached hydrogen (secondary N) is 2. The first-order chi connectivity index (χ1) is 12.1. The van der Waals surface area contributed by atoms with Crippen LogP contribution in [0.2, 0.25) is 0 Å². The highest BCUT2D eigenvalue weighted by atomic mass is 32.1. The van der Waals surface area contributed by atoms with Crippen LogP contribution in [0.25, 0.3) is 0 Å². The third kappa shape index (κ3) is 5.33. The Bertz CT molecular complexity index is 824. The topological polar surface area (TPSA) is 79.8 Å². The molecular formula is C17H19N5OS2. The second-order valence-corrected chi connectivity index (χ2v) is 7.49. The van der Waals surface area contributed by atoms with Gasteiger partial charge in [0.15, 0.2) is 5.13 Å². The Hall–Kier alpha value is -2.32. The summed E-state index contributed by atoms with van der Waals surface area (Å²) in [5, 5.41) is 10.6. The highest BCUT2D eigenvalue weighted by molar-refractivity contribution is 7.13. The Morgan fingerprint density at radius 3 is 2.68 bits per heavy atom. The Morgan fingerprint density at radius 1 is 1.16 bits per heavy atom. The molecule has 3 aromatic heterocycles. The van der Waals surface area contributed by atoms with Crippen molar-refractivity contribution in [2.45, 2.75) is 26.7 Å². The highest BCUT2D eigenvalue weighted by Gasteiger charge is 2.09. The minimum atomic E-state index is -0.0175. The molecule has 0 atom stereocenters. The molecule has 3 aromatic rings. The fourth-order valence-corrected chi connectivity index (χ4v) is 3.74. The molecule has 0 aliphatic carbocycles. The molecule has 0 aliphatic rings. The van der Waals surface area contributed by atoms with Crippen LogP contribution in [0, 0.1) is 13.8 Å². The molecular weight excluding hydrogens is 354 g/mol. The summed E-state index contributed by atoms with van der Waals surface area (Å²) in [6.45, 7) is 4.49. The number of rotatable bonds is 7. The van der Waals surface area contributed by atoms with Crippen molar-refractivity contribution in [2.24, 2.45) is 0 Å². The first kappa shape index (κ1) is 17.5. The molecule has 130 valence electrons. The molecule has 0 saturated heterocycles. The standard InChI is InChI=1S/C17H19N5OS2/c1-11-8-12(2)20-16(19-11)22-17-21-13(10-25-17)9-15(23)18-6-5-14-4-3-7-24-14/h3-4,7-8,10H,5-6,9H2,1-2H3,(H,18,23)(H,19,20,21,22). The molecule has 0 unspecified atom stereocenters. The van der Waals surface area contributed by atoms with Crippen LogP contribution >= 0.6 is 22.7 Å². The lowest BCUT2D eigenvalue weighted by atomic mass is 10.3. The van der Waals surface area contributed by atoms with Crippen LogP contribution in [-0.4, -0.2) is 27.4 Å². The summed E-state index contributed by atoms with van der Waals surface area (Å²) in [6, 6.07) is 6.01. The van der Waals surface area contributed by atoms with Gasteiger partial charge in [0.1, 0.15) is 0 Å². The van der Waals surface area contributed by atoms with E-state index in [0.29, 0.717) is 17.6 Å². The minimum Gasteiger partial charge on any atom is -0.355 e. The molecule has 0 saturated carbocycles. The molecule has 6 nitrogen and oxygen atoms in total. The van der Waals surface area contributed by atoms with E-state index in [9.17, 15) is 4.79 Å². The van der Waals surface area contributed by atoms with E-state index in [0.717, 1.165) is 23.5 Å². The van der Waals surface area contributed by atoms with Gasteiger partial charge in [0.2, 0.25) is 11.9 Å². The normalized spacial score (nSPS) is 10.6. The average Bonchev–Trinajstić information content (AvgIpc) is 3.18. The number of carbonyl (C=O) groups is 1. The van der Waals surface area contributed by atoms with Gasteiger partial charge in [-0.25, -0.2) is 15.0 Å². The van der Waals surface area contributed by atoms with Crippen molar-refractivity contribution in [3.63, 3.8) is 0 Å². The zero-order valence-corrected chi connectivity index (χ0v) is 15.7. The number of thiazole rings is 1. The number of anilines is 2. The van der Waals surface area contributed by atoms with Crippen molar-refractivity contribution in [1.82, 2.24) is 20.3 Å². The van der Waals surface area contributed by atoms with E-state index in [1.807, 2.05) is 36.7 Å². The quantitative estimate of drug-likeness (QED) is 0.664. The van der Waals surface area contributed by atoms with Gasteiger partial charge < -0.3 is 10.6 Å². The molecule has 3 rings (SSSR count). The molecule has 8 heteroatoms. The van der Waals surface area contributed by atoms with Crippen molar-refractivity contribution in [3.8, 4) is 0 Å². The van der Waals surface area contributed by atoms with Crippen LogP contribution in [0.15, 0.2) is 29.0 Å². The van der Waals surface area contributed by atoms with Crippen molar-refractivity contribution >= 4 is 39.7 Å². The van der Waals surface area contributed by atoms with Gasteiger partial charge in [-0.05, 0) is 37.8 Å². The molecule has 0 spiro atoms. The van der Waals surface area contributed by atoms with E-state index >= 15 is 0 Å². The summed E-state index contributed by atoms with van der Waals surface area (Å²) in [4.78, 5) is 26.4. The second-order valence-electron chi connectivity index (χ2n) is 5.60.